The Bertz CT molecular complexity index is 1210. The van der Waals surface area contributed by atoms with Gasteiger partial charge in [0.15, 0.2) is 10.8 Å². The highest BCUT2D eigenvalue weighted by atomic mass is 32.1. The number of ether oxygens (including phenoxy) is 1. The number of benzene rings is 1. The van der Waals surface area contributed by atoms with Gasteiger partial charge in [-0.25, -0.2) is 9.98 Å². The maximum Gasteiger partial charge on any atom is 0.250 e. The minimum atomic E-state index is -0.0514. The van der Waals surface area contributed by atoms with Crippen LogP contribution in [0.1, 0.15) is 23.7 Å². The molecule has 0 radical (unpaired) electrons. The molecule has 30 heavy (non-hydrogen) atoms. The van der Waals surface area contributed by atoms with Gasteiger partial charge in [-0.15, -0.1) is 11.3 Å². The second-order valence-corrected chi connectivity index (χ2v) is 8.37. The summed E-state index contributed by atoms with van der Waals surface area (Å²) < 4.78 is 7.51. The van der Waals surface area contributed by atoms with E-state index in [1.54, 1.807) is 35.2 Å². The predicted octanol–water partition coefficient (Wildman–Crippen LogP) is 3.25. The normalized spacial score (nSPS) is 13.8. The Morgan fingerprint density at radius 2 is 2.10 bits per heavy atom. The van der Waals surface area contributed by atoms with Gasteiger partial charge in [0.2, 0.25) is 0 Å². The second-order valence-electron chi connectivity index (χ2n) is 7.29. The van der Waals surface area contributed by atoms with Crippen LogP contribution < -0.4 is 16.0 Å². The number of hydrogen-bond donors (Lipinski definition) is 1. The SMILES string of the molecule is CC(C)N=C(N=CN)c1nc2c(s1)CCOc1ccc(-c3ccn(C)c(=O)c3)cc1-2. The zero-order chi connectivity index (χ0) is 21.3. The lowest BCUT2D eigenvalue weighted by molar-refractivity contribution is 0.327. The van der Waals surface area contributed by atoms with Crippen LogP contribution in [0.5, 0.6) is 5.75 Å². The van der Waals surface area contributed by atoms with Crippen molar-refractivity contribution >= 4 is 23.5 Å². The van der Waals surface area contributed by atoms with Gasteiger partial charge in [-0.05, 0) is 43.2 Å². The first-order valence-corrected chi connectivity index (χ1v) is 10.5. The first-order valence-electron chi connectivity index (χ1n) is 9.72. The number of rotatable bonds is 3. The molecule has 1 aliphatic rings. The van der Waals surface area contributed by atoms with Crippen molar-refractivity contribution in [3.8, 4) is 28.1 Å². The third kappa shape index (κ3) is 3.91. The van der Waals surface area contributed by atoms with Crippen molar-refractivity contribution in [2.24, 2.45) is 22.8 Å². The Balaban J connectivity index is 1.84. The fourth-order valence-electron chi connectivity index (χ4n) is 3.29. The summed E-state index contributed by atoms with van der Waals surface area (Å²) in [5, 5.41) is 0.738. The van der Waals surface area contributed by atoms with Gasteiger partial charge in [0.05, 0.1) is 18.6 Å². The van der Waals surface area contributed by atoms with Crippen molar-refractivity contribution in [2.45, 2.75) is 26.3 Å². The zero-order valence-corrected chi connectivity index (χ0v) is 17.9. The first kappa shape index (κ1) is 20.0. The summed E-state index contributed by atoms with van der Waals surface area (Å²) in [4.78, 5) is 26.8. The number of hydrogen-bond acceptors (Lipinski definition) is 5. The van der Waals surface area contributed by atoms with Gasteiger partial charge >= 0.3 is 0 Å². The molecular weight excluding hydrogens is 398 g/mol. The minimum absolute atomic E-state index is 0.0514. The number of fused-ring (bicyclic) bond motifs is 3. The highest BCUT2D eigenvalue weighted by Gasteiger charge is 2.23. The van der Waals surface area contributed by atoms with Crippen LogP contribution >= 0.6 is 11.3 Å². The van der Waals surface area contributed by atoms with Crippen LogP contribution in [0.2, 0.25) is 0 Å². The molecule has 0 atom stereocenters. The predicted molar refractivity (Wildman–Crippen MR) is 122 cm³/mol. The standard InChI is InChI=1S/C22H23N5O2S/c1-13(2)25-21(24-12-23)22-26-20-16-10-14(15-6-8-27(3)19(28)11-15)4-5-17(16)29-9-7-18(20)30-22/h4-6,8,10-13H,7,9H2,1-3H3,(H2,23,24,25). The van der Waals surface area contributed by atoms with E-state index in [0.717, 1.165) is 44.4 Å². The van der Waals surface area contributed by atoms with Crippen LogP contribution in [0.15, 0.2) is 51.3 Å². The maximum atomic E-state index is 12.1. The number of pyridine rings is 1. The molecule has 3 aromatic rings. The molecule has 1 aromatic carbocycles. The van der Waals surface area contributed by atoms with Crippen molar-refractivity contribution in [1.82, 2.24) is 9.55 Å². The average molecular weight is 422 g/mol. The first-order chi connectivity index (χ1) is 14.5. The molecule has 0 fully saturated rings. The van der Waals surface area contributed by atoms with Gasteiger partial charge in [0, 0.05) is 42.2 Å². The molecule has 0 amide bonds. The number of nitrogens with two attached hydrogens (primary N) is 1. The number of amidine groups is 1. The van der Waals surface area contributed by atoms with E-state index in [9.17, 15) is 4.79 Å². The molecule has 0 aliphatic carbocycles. The molecule has 0 spiro atoms. The monoisotopic (exact) mass is 421 g/mol. The Kier molecular flexibility index (Phi) is 5.50. The van der Waals surface area contributed by atoms with E-state index < -0.39 is 0 Å². The van der Waals surface area contributed by atoms with E-state index in [-0.39, 0.29) is 11.6 Å². The molecule has 0 bridgehead atoms. The quantitative estimate of drug-likeness (QED) is 0.519. The third-order valence-electron chi connectivity index (χ3n) is 4.72. The number of thiazole rings is 1. The summed E-state index contributed by atoms with van der Waals surface area (Å²) in [7, 11) is 1.74. The fraction of sp³-hybridized carbons (Fsp3) is 0.273. The molecule has 0 saturated carbocycles. The Morgan fingerprint density at radius 1 is 1.30 bits per heavy atom. The molecule has 0 saturated heterocycles. The van der Waals surface area contributed by atoms with Crippen LogP contribution in [0.25, 0.3) is 22.4 Å². The van der Waals surface area contributed by atoms with Crippen molar-refractivity contribution in [1.29, 1.82) is 0 Å². The maximum absolute atomic E-state index is 12.1. The molecule has 4 rings (SSSR count). The summed E-state index contributed by atoms with van der Waals surface area (Å²) in [6.07, 6.45) is 3.77. The molecule has 8 heteroatoms. The Labute approximate surface area is 178 Å². The third-order valence-corrected chi connectivity index (χ3v) is 5.84. The van der Waals surface area contributed by atoms with E-state index in [0.29, 0.717) is 12.4 Å². The average Bonchev–Trinajstić information content (AvgIpc) is 3.06. The largest absolute Gasteiger partial charge is 0.493 e. The van der Waals surface area contributed by atoms with Crippen molar-refractivity contribution < 1.29 is 4.74 Å². The molecule has 1 aliphatic heterocycles. The van der Waals surface area contributed by atoms with Gasteiger partial charge in [0.1, 0.15) is 5.75 Å². The number of aryl methyl sites for hydroxylation is 1. The highest BCUT2D eigenvalue weighted by Crippen LogP contribution is 2.40. The molecule has 2 N–H and O–H groups in total. The highest BCUT2D eigenvalue weighted by molar-refractivity contribution is 7.14. The van der Waals surface area contributed by atoms with E-state index in [4.69, 9.17) is 15.5 Å². The van der Waals surface area contributed by atoms with Gasteiger partial charge in [0.25, 0.3) is 5.56 Å². The van der Waals surface area contributed by atoms with Crippen molar-refractivity contribution in [2.75, 3.05) is 6.61 Å². The van der Waals surface area contributed by atoms with Gasteiger partial charge < -0.3 is 15.0 Å². The minimum Gasteiger partial charge on any atom is -0.493 e. The summed E-state index contributed by atoms with van der Waals surface area (Å²) in [6, 6.07) is 9.58. The molecule has 7 nitrogen and oxygen atoms in total. The fourth-order valence-corrected chi connectivity index (χ4v) is 4.29. The number of aromatic nitrogens is 2. The van der Waals surface area contributed by atoms with E-state index in [1.165, 1.54) is 6.34 Å². The van der Waals surface area contributed by atoms with Crippen LogP contribution in [0.3, 0.4) is 0 Å². The molecule has 3 heterocycles. The molecule has 154 valence electrons. The van der Waals surface area contributed by atoms with Gasteiger partial charge in [-0.3, -0.25) is 9.79 Å². The van der Waals surface area contributed by atoms with E-state index >= 15 is 0 Å². The van der Waals surface area contributed by atoms with Crippen molar-refractivity contribution in [3.05, 3.63) is 56.8 Å². The van der Waals surface area contributed by atoms with Crippen LogP contribution in [-0.4, -0.2) is 34.4 Å². The van der Waals surface area contributed by atoms with Crippen molar-refractivity contribution in [3.63, 3.8) is 0 Å². The number of aliphatic imine (C=N–C) groups is 2. The lowest BCUT2D eigenvalue weighted by Crippen LogP contribution is -2.14. The zero-order valence-electron chi connectivity index (χ0n) is 17.1. The topological polar surface area (TPSA) is 94.9 Å². The van der Waals surface area contributed by atoms with E-state index in [2.05, 4.69) is 9.98 Å². The molecule has 2 aromatic heterocycles. The van der Waals surface area contributed by atoms with E-state index in [1.807, 2.05) is 38.1 Å². The summed E-state index contributed by atoms with van der Waals surface area (Å²) in [5.41, 5.74) is 9.05. The lowest BCUT2D eigenvalue weighted by atomic mass is 10.0. The van der Waals surface area contributed by atoms with Gasteiger partial charge in [-0.1, -0.05) is 6.07 Å². The second kappa shape index (κ2) is 8.23. The number of nitrogens with zero attached hydrogens (tertiary/aromatic N) is 4. The lowest BCUT2D eigenvalue weighted by Gasteiger charge is -2.10. The molecular formula is C22H23N5O2S. The van der Waals surface area contributed by atoms with Crippen LogP contribution in [-0.2, 0) is 13.5 Å². The van der Waals surface area contributed by atoms with Crippen LogP contribution in [0.4, 0.5) is 0 Å². The summed E-state index contributed by atoms with van der Waals surface area (Å²) >= 11 is 1.56. The van der Waals surface area contributed by atoms with Gasteiger partial charge in [-0.2, -0.15) is 0 Å². The molecule has 0 unspecified atom stereocenters. The smallest absolute Gasteiger partial charge is 0.250 e. The summed E-state index contributed by atoms with van der Waals surface area (Å²) in [6.45, 7) is 4.55. The Morgan fingerprint density at radius 3 is 2.83 bits per heavy atom. The summed E-state index contributed by atoms with van der Waals surface area (Å²) in [5.74, 6) is 1.32. The van der Waals surface area contributed by atoms with Crippen LogP contribution in [0, 0.1) is 0 Å². The Hall–Kier alpha value is -3.26.